The van der Waals surface area contributed by atoms with Gasteiger partial charge in [0, 0.05) is 5.97 Å². The molecule has 1 heterocycles. The van der Waals surface area contributed by atoms with Crippen LogP contribution in [0.15, 0.2) is 29.8 Å². The van der Waals surface area contributed by atoms with Gasteiger partial charge in [0.15, 0.2) is 0 Å². The van der Waals surface area contributed by atoms with E-state index in [4.69, 9.17) is 0 Å². The monoisotopic (exact) mass is 263 g/mol. The number of fused-ring (bicyclic) bond motifs is 1. The number of nitrogens with zero attached hydrogens (tertiary/aromatic N) is 1. The fourth-order valence-electron chi connectivity index (χ4n) is 0.895. The molecular weight excluding hydrogens is 253 g/mol. The van der Waals surface area contributed by atoms with E-state index in [-0.39, 0.29) is 36.0 Å². The van der Waals surface area contributed by atoms with Crippen molar-refractivity contribution in [2.24, 2.45) is 0 Å². The third kappa shape index (κ3) is 5.86. The van der Waals surface area contributed by atoms with Crippen LogP contribution < -0.4 is 34.7 Å². The maximum Gasteiger partial charge on any atom is 1.00 e. The minimum absolute atomic E-state index is 0. The van der Waals surface area contributed by atoms with Crippen molar-refractivity contribution in [2.75, 3.05) is 5.75 Å². The molecule has 0 spiro atoms. The quantitative estimate of drug-likeness (QED) is 0.522. The average Bonchev–Trinajstić information content (AvgIpc) is 2.65. The van der Waals surface area contributed by atoms with E-state index in [1.807, 2.05) is 23.7 Å². The summed E-state index contributed by atoms with van der Waals surface area (Å²) < 4.78 is 1.26. The van der Waals surface area contributed by atoms with Crippen molar-refractivity contribution in [1.29, 1.82) is 0 Å². The van der Waals surface area contributed by atoms with E-state index in [0.29, 0.717) is 5.75 Å². The Morgan fingerprint density at radius 1 is 1.44 bits per heavy atom. The number of thiol groups is 1. The number of aromatic nitrogens is 1. The number of thiazole rings is 1. The number of para-hydroxylation sites is 1. The van der Waals surface area contributed by atoms with Crippen molar-refractivity contribution in [3.63, 3.8) is 0 Å². The van der Waals surface area contributed by atoms with Gasteiger partial charge in [-0.25, -0.2) is 4.98 Å². The van der Waals surface area contributed by atoms with Crippen molar-refractivity contribution in [2.45, 2.75) is 6.42 Å². The second kappa shape index (κ2) is 9.01. The summed E-state index contributed by atoms with van der Waals surface area (Å²) in [6.07, 6.45) is 0.0448. The summed E-state index contributed by atoms with van der Waals surface area (Å²) in [5.41, 5.74) is 2.97. The molecule has 1 aromatic heterocycles. The molecule has 0 radical (unpaired) electrons. The molecule has 0 aliphatic carbocycles. The van der Waals surface area contributed by atoms with Crippen LogP contribution in [0.1, 0.15) is 6.42 Å². The molecule has 0 unspecified atom stereocenters. The smallest absolute Gasteiger partial charge is 0.550 e. The van der Waals surface area contributed by atoms with Gasteiger partial charge >= 0.3 is 29.6 Å². The van der Waals surface area contributed by atoms with E-state index in [1.165, 1.54) is 4.70 Å². The van der Waals surface area contributed by atoms with Gasteiger partial charge in [-0.3, -0.25) is 0 Å². The van der Waals surface area contributed by atoms with Crippen LogP contribution in [-0.2, 0) is 4.79 Å². The largest absolute Gasteiger partial charge is 1.00 e. The normalized spacial score (nSPS) is 8.81. The van der Waals surface area contributed by atoms with Crippen LogP contribution >= 0.6 is 24.0 Å². The molecule has 0 aliphatic heterocycles. The summed E-state index contributed by atoms with van der Waals surface area (Å²) in [5.74, 6) is -0.674. The second-order valence-corrected chi connectivity index (χ2v) is 4.00. The Labute approximate surface area is 126 Å². The van der Waals surface area contributed by atoms with Gasteiger partial charge in [0.1, 0.15) is 0 Å². The van der Waals surface area contributed by atoms with Crippen LogP contribution in [0.3, 0.4) is 0 Å². The fraction of sp³-hybridized carbons (Fsp3) is 0.200. The van der Waals surface area contributed by atoms with Gasteiger partial charge in [-0.1, -0.05) is 12.1 Å². The molecule has 80 valence electrons. The van der Waals surface area contributed by atoms with E-state index < -0.39 is 5.97 Å². The number of hydrogen-bond donors (Lipinski definition) is 1. The van der Waals surface area contributed by atoms with Crippen molar-refractivity contribution >= 4 is 40.2 Å². The van der Waals surface area contributed by atoms with E-state index in [1.54, 1.807) is 11.3 Å². The third-order valence-corrected chi connectivity index (χ3v) is 2.59. The minimum Gasteiger partial charge on any atom is -0.550 e. The van der Waals surface area contributed by atoms with E-state index in [0.717, 1.165) is 5.52 Å². The summed E-state index contributed by atoms with van der Waals surface area (Å²) in [5, 5.41) is 9.44. The molecule has 2 rings (SSSR count). The van der Waals surface area contributed by atoms with Crippen LogP contribution in [0, 0.1) is 0 Å². The first-order valence-corrected chi connectivity index (χ1v) is 5.84. The van der Waals surface area contributed by atoms with E-state index in [9.17, 15) is 9.90 Å². The molecule has 1 aromatic carbocycles. The molecule has 0 fully saturated rings. The first-order chi connectivity index (χ1) is 7.24. The van der Waals surface area contributed by atoms with Gasteiger partial charge in [-0.2, -0.15) is 12.6 Å². The van der Waals surface area contributed by atoms with Gasteiger partial charge in [-0.15, -0.1) is 11.3 Å². The molecule has 0 N–H and O–H groups in total. The number of rotatable bonds is 2. The number of hydrogen-bond acceptors (Lipinski definition) is 5. The molecule has 0 amide bonds. The van der Waals surface area contributed by atoms with Crippen LogP contribution in [0.5, 0.6) is 0 Å². The number of carbonyl (C=O) groups is 1. The van der Waals surface area contributed by atoms with Gasteiger partial charge < -0.3 is 9.90 Å². The summed E-state index contributed by atoms with van der Waals surface area (Å²) in [4.78, 5) is 13.6. The molecule has 3 nitrogen and oxygen atoms in total. The molecule has 2 aromatic rings. The van der Waals surface area contributed by atoms with Gasteiger partial charge in [0.05, 0.1) is 15.7 Å². The van der Waals surface area contributed by atoms with E-state index in [2.05, 4.69) is 23.7 Å². The van der Waals surface area contributed by atoms with Crippen molar-refractivity contribution < 1.29 is 39.5 Å². The van der Waals surface area contributed by atoms with Gasteiger partial charge in [-0.05, 0) is 24.3 Å². The molecule has 0 saturated carbocycles. The molecule has 6 heteroatoms. The molecule has 0 aliphatic rings. The SMILES string of the molecule is O=C([O-])CCS.[Na+].c1ccc2scnc2c1. The summed E-state index contributed by atoms with van der Waals surface area (Å²) in [7, 11) is 0. The van der Waals surface area contributed by atoms with Crippen LogP contribution in [0.25, 0.3) is 10.2 Å². The third-order valence-electron chi connectivity index (χ3n) is 1.55. The van der Waals surface area contributed by atoms with Crippen LogP contribution in [-0.4, -0.2) is 16.7 Å². The summed E-state index contributed by atoms with van der Waals surface area (Å²) >= 11 is 5.32. The number of aliphatic carboxylic acids is 1. The number of carboxylic acids is 1. The Hall–Kier alpha value is -0.0700. The number of carboxylic acid groups (broad SMARTS) is 1. The predicted octanol–water partition coefficient (Wildman–Crippen LogP) is -1.64. The van der Waals surface area contributed by atoms with Crippen molar-refractivity contribution in [3.8, 4) is 0 Å². The molecule has 0 atom stereocenters. The van der Waals surface area contributed by atoms with Crippen LogP contribution in [0.4, 0.5) is 0 Å². The molecule has 16 heavy (non-hydrogen) atoms. The van der Waals surface area contributed by atoms with Crippen molar-refractivity contribution in [3.05, 3.63) is 29.8 Å². The van der Waals surface area contributed by atoms with Crippen molar-refractivity contribution in [1.82, 2.24) is 4.98 Å². The predicted molar refractivity (Wildman–Crippen MR) is 63.1 cm³/mol. The Bertz CT molecular complexity index is 403. The fourth-order valence-corrected chi connectivity index (χ4v) is 1.76. The zero-order valence-corrected chi connectivity index (χ0v) is 12.6. The molecular formula is C10H10NNaO2S2. The first kappa shape index (κ1) is 15.9. The van der Waals surface area contributed by atoms with E-state index >= 15 is 0 Å². The van der Waals surface area contributed by atoms with Gasteiger partial charge in [0.25, 0.3) is 0 Å². The second-order valence-electron chi connectivity index (χ2n) is 2.67. The standard InChI is InChI=1S/C7H5NS.C3H6O2S.Na/c1-2-4-7-6(3-1)8-5-9-7;4-3(5)1-2-6;/h1-5H;6H,1-2H2,(H,4,5);/q;;+1/p-1. The minimum atomic E-state index is -1.04. The zero-order chi connectivity index (χ0) is 11.1. The molecule has 0 bridgehead atoms. The summed E-state index contributed by atoms with van der Waals surface area (Å²) in [6, 6.07) is 8.13. The Kier molecular flexibility index (Phi) is 8.97. The maximum atomic E-state index is 9.44. The zero-order valence-electron chi connectivity index (χ0n) is 8.92. The first-order valence-electron chi connectivity index (χ1n) is 4.33. The Balaban J connectivity index is 0.000000289. The van der Waals surface area contributed by atoms with Gasteiger partial charge in [0.2, 0.25) is 0 Å². The Morgan fingerprint density at radius 3 is 2.62 bits per heavy atom. The number of benzene rings is 1. The maximum absolute atomic E-state index is 9.44. The molecule has 0 saturated heterocycles. The number of carbonyl (C=O) groups excluding carboxylic acids is 1. The Morgan fingerprint density at radius 2 is 2.12 bits per heavy atom. The summed E-state index contributed by atoms with van der Waals surface area (Å²) in [6.45, 7) is 0. The van der Waals surface area contributed by atoms with Crippen LogP contribution in [0.2, 0.25) is 0 Å². The average molecular weight is 263 g/mol. The topological polar surface area (TPSA) is 53.0 Å².